The van der Waals surface area contributed by atoms with Crippen LogP contribution in [-0.4, -0.2) is 27.9 Å². The lowest BCUT2D eigenvalue weighted by Gasteiger charge is -2.02. The van der Waals surface area contributed by atoms with Crippen LogP contribution < -0.4 is 0 Å². The van der Waals surface area contributed by atoms with E-state index in [9.17, 15) is 9.59 Å². The summed E-state index contributed by atoms with van der Waals surface area (Å²) in [7, 11) is 0. The molecule has 0 fully saturated rings. The Bertz CT molecular complexity index is 425. The Hall–Kier alpha value is -2.17. The molecule has 2 N–H and O–H groups in total. The fourth-order valence-corrected chi connectivity index (χ4v) is 1.29. The minimum atomic E-state index is -1.01. The molecule has 1 aromatic rings. The third-order valence-electron chi connectivity index (χ3n) is 2.03. The smallest absolute Gasteiger partial charge is 0.309 e. The van der Waals surface area contributed by atoms with E-state index < -0.39 is 11.9 Å². The fraction of sp³-hybridized carbons (Fsp3) is 0.250. The lowest BCUT2D eigenvalue weighted by atomic mass is 10.1. The van der Waals surface area contributed by atoms with Crippen LogP contribution in [0.3, 0.4) is 0 Å². The third kappa shape index (κ3) is 5.46. The highest BCUT2D eigenvalue weighted by molar-refractivity contribution is 6.00. The van der Waals surface area contributed by atoms with Gasteiger partial charge in [0.1, 0.15) is 0 Å². The van der Waals surface area contributed by atoms with Gasteiger partial charge in [-0.3, -0.25) is 14.6 Å². The number of carboxylic acid groups (broad SMARTS) is 2. The normalized spacial score (nSPS) is 11.2. The number of hydrogen-bond donors (Lipinski definition) is 2. The summed E-state index contributed by atoms with van der Waals surface area (Å²) in [5.41, 5.74) is 1.00. The number of hydrogen-bond acceptors (Lipinski definition) is 3. The highest BCUT2D eigenvalue weighted by Crippen LogP contribution is 2.13. The van der Waals surface area contributed by atoms with E-state index in [1.165, 1.54) is 0 Å². The molecule has 0 heterocycles. The van der Waals surface area contributed by atoms with Crippen LogP contribution in [0.15, 0.2) is 35.3 Å². The average molecular weight is 235 g/mol. The number of carboxylic acids is 2. The summed E-state index contributed by atoms with van der Waals surface area (Å²) < 4.78 is 0. The van der Waals surface area contributed by atoms with E-state index in [0.29, 0.717) is 11.4 Å². The number of rotatable bonds is 6. The summed E-state index contributed by atoms with van der Waals surface area (Å²) >= 11 is 0. The molecule has 0 aromatic heterocycles. The number of carbonyl (C=O) groups is 2. The highest BCUT2D eigenvalue weighted by Gasteiger charge is 2.08. The van der Waals surface area contributed by atoms with Gasteiger partial charge in [0, 0.05) is 5.71 Å². The molecule has 0 spiro atoms. The molecule has 0 aliphatic heterocycles. The van der Waals surface area contributed by atoms with Gasteiger partial charge in [-0.2, -0.15) is 0 Å². The average Bonchev–Trinajstić information content (AvgIpc) is 2.26. The zero-order valence-corrected chi connectivity index (χ0v) is 9.17. The van der Waals surface area contributed by atoms with Crippen molar-refractivity contribution in [3.05, 3.63) is 30.3 Å². The van der Waals surface area contributed by atoms with Crippen LogP contribution in [0, 0.1) is 0 Å². The molecule has 0 radical (unpaired) electrons. The van der Waals surface area contributed by atoms with Crippen molar-refractivity contribution in [2.45, 2.75) is 19.3 Å². The van der Waals surface area contributed by atoms with Crippen molar-refractivity contribution in [3.8, 4) is 0 Å². The van der Waals surface area contributed by atoms with Gasteiger partial charge in [0.15, 0.2) is 0 Å². The van der Waals surface area contributed by atoms with Crippen LogP contribution in [0.5, 0.6) is 0 Å². The van der Waals surface area contributed by atoms with Crippen molar-refractivity contribution in [2.75, 3.05) is 0 Å². The van der Waals surface area contributed by atoms with Crippen molar-refractivity contribution < 1.29 is 19.8 Å². The predicted octanol–water partition coefficient (Wildman–Crippen LogP) is 2.10. The van der Waals surface area contributed by atoms with E-state index in [1.54, 1.807) is 24.3 Å². The molecule has 0 aliphatic carbocycles. The van der Waals surface area contributed by atoms with Gasteiger partial charge in [0.05, 0.1) is 18.5 Å². The van der Waals surface area contributed by atoms with Crippen molar-refractivity contribution in [1.29, 1.82) is 0 Å². The van der Waals surface area contributed by atoms with Crippen LogP contribution in [0.4, 0.5) is 5.69 Å². The Labute approximate surface area is 98.4 Å². The van der Waals surface area contributed by atoms with Crippen LogP contribution in [0.1, 0.15) is 19.3 Å². The van der Waals surface area contributed by atoms with Gasteiger partial charge in [-0.25, -0.2) is 0 Å². The largest absolute Gasteiger partial charge is 0.481 e. The second-order valence-corrected chi connectivity index (χ2v) is 3.48. The topological polar surface area (TPSA) is 87.0 Å². The number of benzene rings is 1. The molecule has 0 saturated heterocycles. The number of aliphatic carboxylic acids is 2. The second-order valence-electron chi connectivity index (χ2n) is 3.48. The first kappa shape index (κ1) is 12.9. The van der Waals surface area contributed by atoms with Crippen molar-refractivity contribution in [3.63, 3.8) is 0 Å². The first-order valence-corrected chi connectivity index (χ1v) is 5.13. The molecule has 90 valence electrons. The SMILES string of the molecule is O=C(O)CCC(CC(=O)O)=Nc1ccccc1. The molecular weight excluding hydrogens is 222 g/mol. The second kappa shape index (κ2) is 6.42. The lowest BCUT2D eigenvalue weighted by Crippen LogP contribution is -2.09. The van der Waals surface area contributed by atoms with Gasteiger partial charge in [0.25, 0.3) is 0 Å². The first-order valence-electron chi connectivity index (χ1n) is 5.13. The van der Waals surface area contributed by atoms with E-state index in [2.05, 4.69) is 4.99 Å². The molecule has 0 amide bonds. The van der Waals surface area contributed by atoms with E-state index in [-0.39, 0.29) is 19.3 Å². The quantitative estimate of drug-likeness (QED) is 0.739. The number of para-hydroxylation sites is 1. The molecule has 0 aliphatic rings. The Morgan fingerprint density at radius 3 is 2.18 bits per heavy atom. The molecule has 0 bridgehead atoms. The summed E-state index contributed by atoms with van der Waals surface area (Å²) in [6.45, 7) is 0. The van der Waals surface area contributed by atoms with Crippen LogP contribution in [0.2, 0.25) is 0 Å². The van der Waals surface area contributed by atoms with Crippen LogP contribution >= 0.6 is 0 Å². The maximum Gasteiger partial charge on any atom is 0.309 e. The van der Waals surface area contributed by atoms with Gasteiger partial charge in [-0.05, 0) is 18.6 Å². The minimum absolute atomic E-state index is 0.112. The Morgan fingerprint density at radius 2 is 1.65 bits per heavy atom. The maximum atomic E-state index is 10.6. The summed E-state index contributed by atoms with van der Waals surface area (Å²) in [5.74, 6) is -1.97. The fourth-order valence-electron chi connectivity index (χ4n) is 1.29. The highest BCUT2D eigenvalue weighted by atomic mass is 16.4. The van der Waals surface area contributed by atoms with E-state index in [0.717, 1.165) is 0 Å². The molecule has 5 nitrogen and oxygen atoms in total. The minimum Gasteiger partial charge on any atom is -0.481 e. The molecule has 5 heteroatoms. The Kier molecular flexibility index (Phi) is 4.87. The lowest BCUT2D eigenvalue weighted by molar-refractivity contribution is -0.137. The van der Waals surface area contributed by atoms with Gasteiger partial charge >= 0.3 is 11.9 Å². The molecule has 17 heavy (non-hydrogen) atoms. The Balaban J connectivity index is 2.78. The maximum absolute atomic E-state index is 10.6. The molecule has 1 aromatic carbocycles. The van der Waals surface area contributed by atoms with Gasteiger partial charge in [-0.1, -0.05) is 18.2 Å². The Morgan fingerprint density at radius 1 is 1.00 bits per heavy atom. The summed E-state index contributed by atoms with van der Waals surface area (Å²) in [6.07, 6.45) is -0.197. The van der Waals surface area contributed by atoms with E-state index in [4.69, 9.17) is 10.2 Å². The molecular formula is C12H13NO4. The standard InChI is InChI=1S/C12H13NO4/c14-11(15)7-6-10(8-12(16)17)13-9-4-2-1-3-5-9/h1-5H,6-8H2,(H,14,15)(H,16,17). The first-order chi connectivity index (χ1) is 8.08. The number of nitrogens with zero attached hydrogens (tertiary/aromatic N) is 1. The van der Waals surface area contributed by atoms with E-state index >= 15 is 0 Å². The monoisotopic (exact) mass is 235 g/mol. The van der Waals surface area contributed by atoms with Crippen molar-refractivity contribution >= 4 is 23.3 Å². The summed E-state index contributed by atoms with van der Waals surface area (Å²) in [6, 6.07) is 8.88. The summed E-state index contributed by atoms with van der Waals surface area (Å²) in [5, 5.41) is 17.3. The third-order valence-corrected chi connectivity index (χ3v) is 2.03. The van der Waals surface area contributed by atoms with Crippen LogP contribution in [-0.2, 0) is 9.59 Å². The van der Waals surface area contributed by atoms with Crippen molar-refractivity contribution in [1.82, 2.24) is 0 Å². The zero-order valence-electron chi connectivity index (χ0n) is 9.17. The van der Waals surface area contributed by atoms with E-state index in [1.807, 2.05) is 6.07 Å². The van der Waals surface area contributed by atoms with Gasteiger partial charge < -0.3 is 10.2 Å². The van der Waals surface area contributed by atoms with Crippen molar-refractivity contribution in [2.24, 2.45) is 4.99 Å². The summed E-state index contributed by atoms with van der Waals surface area (Å²) in [4.78, 5) is 25.2. The molecule has 0 atom stereocenters. The van der Waals surface area contributed by atoms with Gasteiger partial charge in [0.2, 0.25) is 0 Å². The molecule has 0 unspecified atom stereocenters. The predicted molar refractivity (Wildman–Crippen MR) is 62.7 cm³/mol. The molecule has 0 saturated carbocycles. The zero-order chi connectivity index (χ0) is 12.7. The number of aliphatic imine (C=N–C) groups is 1. The van der Waals surface area contributed by atoms with Gasteiger partial charge in [-0.15, -0.1) is 0 Å². The molecule has 1 rings (SSSR count). The van der Waals surface area contributed by atoms with Crippen LogP contribution in [0.25, 0.3) is 0 Å².